The number of phenolic OH excluding ortho intramolecular Hbond substituents is 1. The Morgan fingerprint density at radius 1 is 1.31 bits per heavy atom. The number of ether oxygens (including phenoxy) is 1. The third-order valence-electron chi connectivity index (χ3n) is 4.01. The predicted molar refractivity (Wildman–Crippen MR) is 104 cm³/mol. The largest absolute Gasteiger partial charge is 0.504 e. The van der Waals surface area contributed by atoms with Crippen molar-refractivity contribution >= 4 is 46.6 Å². The second-order valence-electron chi connectivity index (χ2n) is 5.75. The summed E-state index contributed by atoms with van der Waals surface area (Å²) in [5, 5.41) is 23.3. The number of hydrogen-bond donors (Lipinski definition) is 2. The number of amides is 2. The van der Waals surface area contributed by atoms with Crippen molar-refractivity contribution in [3.05, 3.63) is 63.5 Å². The molecule has 9 nitrogen and oxygen atoms in total. The molecule has 0 radical (unpaired) electrons. The zero-order chi connectivity index (χ0) is 21.3. The number of methoxy groups -OCH3 is 1. The number of halogens is 1. The fraction of sp³-hybridized carbons (Fsp3) is 0.0556. The van der Waals surface area contributed by atoms with Gasteiger partial charge >= 0.3 is 0 Å². The van der Waals surface area contributed by atoms with Crippen LogP contribution in [0.15, 0.2) is 42.0 Å². The van der Waals surface area contributed by atoms with E-state index < -0.39 is 39.6 Å². The first-order valence-corrected chi connectivity index (χ1v) is 8.36. The lowest BCUT2D eigenvalue weighted by Gasteiger charge is -2.29. The molecule has 1 heterocycles. The van der Waals surface area contributed by atoms with Gasteiger partial charge in [-0.05, 0) is 30.4 Å². The maximum atomic E-state index is 14.2. The van der Waals surface area contributed by atoms with Crippen molar-refractivity contribution in [2.45, 2.75) is 0 Å². The average Bonchev–Trinajstić information content (AvgIpc) is 2.67. The van der Waals surface area contributed by atoms with Crippen LogP contribution in [-0.4, -0.2) is 34.1 Å². The number of hydrogen-bond acceptors (Lipinski definition) is 7. The number of nitro benzene ring substituents is 1. The standard InChI is InChI=1S/C18H12FN3O6S/c1-28-14-8-10(22(26)27)6-9(15(14)23)7-11-16(24)20-18(29)21(17(11)25)13-5-3-2-4-12(13)19/h2-8,23H,1H3,(H,20,24,29)/b11-7-. The number of non-ortho nitro benzene ring substituents is 1. The number of nitrogens with one attached hydrogen (secondary N) is 1. The molecule has 3 rings (SSSR count). The molecule has 1 fully saturated rings. The molecule has 2 aromatic rings. The van der Waals surface area contributed by atoms with Gasteiger partial charge in [0, 0.05) is 11.6 Å². The molecule has 0 bridgehead atoms. The number of phenols is 1. The lowest BCUT2D eigenvalue weighted by Crippen LogP contribution is -2.54. The van der Waals surface area contributed by atoms with E-state index in [4.69, 9.17) is 17.0 Å². The van der Waals surface area contributed by atoms with Crippen LogP contribution >= 0.6 is 12.2 Å². The minimum Gasteiger partial charge on any atom is -0.504 e. The summed E-state index contributed by atoms with van der Waals surface area (Å²) in [6.07, 6.45) is 0.943. The topological polar surface area (TPSA) is 122 Å². The van der Waals surface area contributed by atoms with Crippen LogP contribution in [0.2, 0.25) is 0 Å². The monoisotopic (exact) mass is 417 g/mol. The first-order chi connectivity index (χ1) is 13.7. The number of thiocarbonyl (C=S) groups is 1. The molecule has 0 atom stereocenters. The highest BCUT2D eigenvalue weighted by atomic mass is 32.1. The zero-order valence-electron chi connectivity index (χ0n) is 14.7. The molecule has 148 valence electrons. The molecule has 0 saturated carbocycles. The lowest BCUT2D eigenvalue weighted by molar-refractivity contribution is -0.385. The number of carbonyl (C=O) groups excluding carboxylic acids is 2. The first-order valence-electron chi connectivity index (χ1n) is 7.96. The van der Waals surface area contributed by atoms with Crippen LogP contribution in [-0.2, 0) is 9.59 Å². The van der Waals surface area contributed by atoms with Gasteiger partial charge in [0.15, 0.2) is 16.6 Å². The Hall–Kier alpha value is -3.86. The van der Waals surface area contributed by atoms with E-state index in [2.05, 4.69) is 5.32 Å². The van der Waals surface area contributed by atoms with E-state index in [0.717, 1.165) is 29.2 Å². The molecule has 1 aliphatic rings. The summed E-state index contributed by atoms with van der Waals surface area (Å²) in [5.74, 6) is -3.36. The highest BCUT2D eigenvalue weighted by Gasteiger charge is 2.36. The normalized spacial score (nSPS) is 15.4. The molecule has 0 aromatic heterocycles. The molecule has 0 spiro atoms. The quantitative estimate of drug-likeness (QED) is 0.257. The lowest BCUT2D eigenvalue weighted by atomic mass is 10.0. The van der Waals surface area contributed by atoms with Crippen molar-refractivity contribution in [3.63, 3.8) is 0 Å². The smallest absolute Gasteiger partial charge is 0.274 e. The molecule has 29 heavy (non-hydrogen) atoms. The van der Waals surface area contributed by atoms with Gasteiger partial charge in [-0.2, -0.15) is 0 Å². The molecular formula is C18H12FN3O6S. The molecule has 1 saturated heterocycles. The van der Waals surface area contributed by atoms with E-state index in [9.17, 15) is 29.2 Å². The Labute approximate surface area is 168 Å². The minimum atomic E-state index is -0.964. The summed E-state index contributed by atoms with van der Waals surface area (Å²) < 4.78 is 19.1. The molecule has 2 N–H and O–H groups in total. The Balaban J connectivity index is 2.14. The SMILES string of the molecule is COc1cc([N+](=O)[O-])cc(/C=C2/C(=O)NC(=S)N(c3ccccc3F)C2=O)c1O. The van der Waals surface area contributed by atoms with Crippen molar-refractivity contribution in [3.8, 4) is 11.5 Å². The Kier molecular flexibility index (Phi) is 5.24. The van der Waals surface area contributed by atoms with Crippen LogP contribution in [0.5, 0.6) is 11.5 Å². The van der Waals surface area contributed by atoms with Gasteiger partial charge in [0.2, 0.25) is 0 Å². The summed E-state index contributed by atoms with van der Waals surface area (Å²) in [6, 6.07) is 7.25. The third kappa shape index (κ3) is 3.62. The minimum absolute atomic E-state index is 0.186. The van der Waals surface area contributed by atoms with Gasteiger partial charge in [-0.25, -0.2) is 9.29 Å². The van der Waals surface area contributed by atoms with E-state index in [-0.39, 0.29) is 22.1 Å². The molecule has 0 aliphatic carbocycles. The van der Waals surface area contributed by atoms with E-state index in [0.29, 0.717) is 0 Å². The highest BCUT2D eigenvalue weighted by molar-refractivity contribution is 7.80. The van der Waals surface area contributed by atoms with Crippen molar-refractivity contribution in [2.75, 3.05) is 12.0 Å². The zero-order valence-corrected chi connectivity index (χ0v) is 15.5. The summed E-state index contributed by atoms with van der Waals surface area (Å²) in [5.41, 5.74) is -1.35. The predicted octanol–water partition coefficient (Wildman–Crippen LogP) is 2.28. The van der Waals surface area contributed by atoms with Gasteiger partial charge in [-0.3, -0.25) is 25.0 Å². The second kappa shape index (κ2) is 7.64. The van der Waals surface area contributed by atoms with E-state index in [1.54, 1.807) is 0 Å². The number of rotatable bonds is 4. The number of para-hydroxylation sites is 1. The van der Waals surface area contributed by atoms with Crippen molar-refractivity contribution in [1.82, 2.24) is 5.32 Å². The van der Waals surface area contributed by atoms with Crippen LogP contribution in [0.25, 0.3) is 6.08 Å². The van der Waals surface area contributed by atoms with E-state index in [1.165, 1.54) is 25.3 Å². The van der Waals surface area contributed by atoms with Gasteiger partial charge < -0.3 is 9.84 Å². The van der Waals surface area contributed by atoms with Crippen LogP contribution in [0, 0.1) is 15.9 Å². The Morgan fingerprint density at radius 3 is 2.62 bits per heavy atom. The van der Waals surface area contributed by atoms with Gasteiger partial charge in [0.05, 0.1) is 23.8 Å². The average molecular weight is 417 g/mol. The molecule has 1 aliphatic heterocycles. The number of nitro groups is 1. The number of nitrogens with zero attached hydrogens (tertiary/aromatic N) is 2. The first kappa shape index (κ1) is 19.9. The van der Waals surface area contributed by atoms with Crippen LogP contribution < -0.4 is 15.0 Å². The fourth-order valence-electron chi connectivity index (χ4n) is 2.65. The maximum absolute atomic E-state index is 14.2. The van der Waals surface area contributed by atoms with E-state index >= 15 is 0 Å². The summed E-state index contributed by atoms with van der Waals surface area (Å²) in [6.45, 7) is 0. The Morgan fingerprint density at radius 2 is 2.00 bits per heavy atom. The summed E-state index contributed by atoms with van der Waals surface area (Å²) in [7, 11) is 1.19. The van der Waals surface area contributed by atoms with Gasteiger partial charge in [-0.15, -0.1) is 0 Å². The number of aromatic hydroxyl groups is 1. The fourth-order valence-corrected chi connectivity index (χ4v) is 2.92. The summed E-state index contributed by atoms with van der Waals surface area (Å²) in [4.78, 5) is 36.4. The molecule has 11 heteroatoms. The van der Waals surface area contributed by atoms with Crippen LogP contribution in [0.1, 0.15) is 5.56 Å². The number of anilines is 1. The van der Waals surface area contributed by atoms with Crippen molar-refractivity contribution in [1.29, 1.82) is 0 Å². The molecule has 0 unspecified atom stereocenters. The van der Waals surface area contributed by atoms with Crippen molar-refractivity contribution < 1.29 is 28.7 Å². The van der Waals surface area contributed by atoms with Gasteiger partial charge in [0.1, 0.15) is 11.4 Å². The number of carbonyl (C=O) groups is 2. The second-order valence-corrected chi connectivity index (χ2v) is 6.14. The molecular weight excluding hydrogens is 405 g/mol. The van der Waals surface area contributed by atoms with Crippen molar-refractivity contribution in [2.24, 2.45) is 0 Å². The highest BCUT2D eigenvalue weighted by Crippen LogP contribution is 2.36. The molecule has 2 aromatic carbocycles. The van der Waals surface area contributed by atoms with Crippen LogP contribution in [0.3, 0.4) is 0 Å². The van der Waals surface area contributed by atoms with E-state index in [1.807, 2.05) is 0 Å². The maximum Gasteiger partial charge on any atom is 0.274 e. The van der Waals surface area contributed by atoms with Crippen LogP contribution in [0.4, 0.5) is 15.8 Å². The molecule has 2 amide bonds. The van der Waals surface area contributed by atoms with Gasteiger partial charge in [-0.1, -0.05) is 12.1 Å². The summed E-state index contributed by atoms with van der Waals surface area (Å²) >= 11 is 4.98. The van der Waals surface area contributed by atoms with Gasteiger partial charge in [0.25, 0.3) is 17.5 Å². The third-order valence-corrected chi connectivity index (χ3v) is 4.30. The number of benzene rings is 2. The Bertz CT molecular complexity index is 1100.